The van der Waals surface area contributed by atoms with E-state index in [-0.39, 0.29) is 5.82 Å². The van der Waals surface area contributed by atoms with Gasteiger partial charge in [-0.3, -0.25) is 15.6 Å². The number of allylic oxidation sites excluding steroid dienone is 2. The number of nitrogens with one attached hydrogen (secondary N) is 2. The molecule has 0 saturated heterocycles. The average Bonchev–Trinajstić information content (AvgIpc) is 2.79. The summed E-state index contributed by atoms with van der Waals surface area (Å²) in [7, 11) is 1.25. The summed E-state index contributed by atoms with van der Waals surface area (Å²) in [4.78, 5) is 31.7. The van der Waals surface area contributed by atoms with Crippen LogP contribution in [0.25, 0.3) is 11.3 Å². The SMILES string of the molecule is C=N/C(=C\C(=C/N)c1ccnc(NC(=O)OC)c1)c1cc(NC(=O)OCC(Cl)(Cl)Cl)ccc1C. The maximum Gasteiger partial charge on any atom is 0.412 e. The zero-order chi connectivity index (χ0) is 25.3. The van der Waals surface area contributed by atoms with Crippen LogP contribution in [0.15, 0.2) is 53.8 Å². The minimum atomic E-state index is -1.72. The summed E-state index contributed by atoms with van der Waals surface area (Å²) in [6.07, 6.45) is 3.16. The van der Waals surface area contributed by atoms with Gasteiger partial charge in [0.1, 0.15) is 12.4 Å². The third-order valence-electron chi connectivity index (χ3n) is 4.28. The van der Waals surface area contributed by atoms with Gasteiger partial charge in [-0.05, 0) is 60.7 Å². The fourth-order valence-corrected chi connectivity index (χ4v) is 2.86. The van der Waals surface area contributed by atoms with E-state index in [1.54, 1.807) is 36.4 Å². The van der Waals surface area contributed by atoms with Crippen molar-refractivity contribution in [2.24, 2.45) is 10.7 Å². The Kier molecular flexibility index (Phi) is 9.73. The summed E-state index contributed by atoms with van der Waals surface area (Å²) < 4.78 is 7.75. The lowest BCUT2D eigenvalue weighted by molar-refractivity contribution is 0.164. The van der Waals surface area contributed by atoms with Gasteiger partial charge < -0.3 is 15.2 Å². The third kappa shape index (κ3) is 8.26. The Labute approximate surface area is 211 Å². The number of hydrogen-bond donors (Lipinski definition) is 3. The topological polar surface area (TPSA) is 128 Å². The molecule has 1 aromatic heterocycles. The first-order chi connectivity index (χ1) is 16.1. The number of amides is 2. The van der Waals surface area contributed by atoms with Crippen molar-refractivity contribution in [1.29, 1.82) is 0 Å². The quantitative estimate of drug-likeness (QED) is 0.247. The number of ether oxygens (including phenoxy) is 2. The fraction of sp³-hybridized carbons (Fsp3) is 0.182. The summed E-state index contributed by atoms with van der Waals surface area (Å²) in [6.45, 7) is 5.11. The van der Waals surface area contributed by atoms with Crippen molar-refractivity contribution in [1.82, 2.24) is 4.98 Å². The number of rotatable bonds is 7. The lowest BCUT2D eigenvalue weighted by atomic mass is 10.0. The van der Waals surface area contributed by atoms with E-state index in [2.05, 4.69) is 32.1 Å². The molecule has 0 aliphatic heterocycles. The van der Waals surface area contributed by atoms with Crippen molar-refractivity contribution in [3.8, 4) is 0 Å². The molecule has 2 amide bonds. The van der Waals surface area contributed by atoms with Gasteiger partial charge in [-0.2, -0.15) is 0 Å². The van der Waals surface area contributed by atoms with Crippen LogP contribution in [0, 0.1) is 6.92 Å². The second-order valence-corrected chi connectivity index (χ2v) is 9.22. The van der Waals surface area contributed by atoms with Gasteiger partial charge >= 0.3 is 12.2 Å². The molecule has 2 aromatic rings. The molecule has 1 aromatic carbocycles. The molecular weight excluding hydrogens is 505 g/mol. The Hall–Kier alpha value is -3.27. The molecule has 2 rings (SSSR count). The largest absolute Gasteiger partial charge is 0.453 e. The van der Waals surface area contributed by atoms with E-state index >= 15 is 0 Å². The molecule has 0 bridgehead atoms. The van der Waals surface area contributed by atoms with Gasteiger partial charge in [-0.15, -0.1) is 0 Å². The molecule has 0 saturated carbocycles. The number of nitrogens with zero attached hydrogens (tertiary/aromatic N) is 2. The second-order valence-electron chi connectivity index (χ2n) is 6.70. The Morgan fingerprint density at radius 3 is 2.56 bits per heavy atom. The number of benzene rings is 1. The molecule has 9 nitrogen and oxygen atoms in total. The summed E-state index contributed by atoms with van der Waals surface area (Å²) in [5.74, 6) is 0.279. The summed E-state index contributed by atoms with van der Waals surface area (Å²) >= 11 is 16.8. The minimum Gasteiger partial charge on any atom is -0.453 e. The number of carbonyl (C=O) groups is 2. The first kappa shape index (κ1) is 27.0. The molecule has 180 valence electrons. The number of hydrogen-bond acceptors (Lipinski definition) is 7. The van der Waals surface area contributed by atoms with Gasteiger partial charge in [0.2, 0.25) is 3.79 Å². The van der Waals surface area contributed by atoms with E-state index in [1.165, 1.54) is 19.5 Å². The van der Waals surface area contributed by atoms with Gasteiger partial charge in [0.25, 0.3) is 0 Å². The van der Waals surface area contributed by atoms with Crippen molar-refractivity contribution < 1.29 is 19.1 Å². The standard InChI is InChI=1S/C22H22Cl3N5O4/c1-13-4-5-16(29-21(32)34-12-22(23,24)25)10-17(13)18(27-2)8-15(11-26)14-6-7-28-19(9-14)30-20(31)33-3/h4-11H,2,12,26H2,1,3H3,(H,29,32)(H,28,30,31)/b15-11+,18-8-. The predicted molar refractivity (Wildman–Crippen MR) is 136 cm³/mol. The zero-order valence-corrected chi connectivity index (χ0v) is 20.5. The highest BCUT2D eigenvalue weighted by Crippen LogP contribution is 2.29. The molecule has 0 fully saturated rings. The molecule has 0 radical (unpaired) electrons. The second kappa shape index (κ2) is 12.3. The molecule has 0 spiro atoms. The Bertz CT molecular complexity index is 1130. The van der Waals surface area contributed by atoms with Gasteiger partial charge in [0.05, 0.1) is 12.8 Å². The smallest absolute Gasteiger partial charge is 0.412 e. The highest BCUT2D eigenvalue weighted by Gasteiger charge is 2.22. The van der Waals surface area contributed by atoms with Gasteiger partial charge in [0.15, 0.2) is 0 Å². The molecule has 0 aliphatic rings. The summed E-state index contributed by atoms with van der Waals surface area (Å²) in [5.41, 5.74) is 9.54. The molecule has 4 N–H and O–H groups in total. The fourth-order valence-electron chi connectivity index (χ4n) is 2.69. The number of aliphatic imine (C=N–C) groups is 1. The van der Waals surface area contributed by atoms with Crippen molar-refractivity contribution in [2.75, 3.05) is 24.4 Å². The van der Waals surface area contributed by atoms with E-state index in [1.807, 2.05) is 6.92 Å². The number of aromatic nitrogens is 1. The lowest BCUT2D eigenvalue weighted by Gasteiger charge is -2.14. The highest BCUT2D eigenvalue weighted by molar-refractivity contribution is 6.67. The highest BCUT2D eigenvalue weighted by atomic mass is 35.6. The molecular formula is C22H22Cl3N5O4. The van der Waals surface area contributed by atoms with Gasteiger partial charge in [-0.1, -0.05) is 40.9 Å². The maximum absolute atomic E-state index is 12.0. The van der Waals surface area contributed by atoms with Gasteiger partial charge in [-0.25, -0.2) is 14.6 Å². The average molecular weight is 527 g/mol. The van der Waals surface area contributed by atoms with Crippen LogP contribution >= 0.6 is 34.8 Å². The van der Waals surface area contributed by atoms with Crippen LogP contribution in [0.2, 0.25) is 0 Å². The zero-order valence-electron chi connectivity index (χ0n) is 18.3. The Morgan fingerprint density at radius 2 is 1.94 bits per heavy atom. The first-order valence-electron chi connectivity index (χ1n) is 9.59. The molecule has 0 aliphatic carbocycles. The molecule has 1 heterocycles. The normalized spacial score (nSPS) is 12.0. The van der Waals surface area contributed by atoms with Crippen LogP contribution in [0.4, 0.5) is 21.1 Å². The summed E-state index contributed by atoms with van der Waals surface area (Å²) in [6, 6.07) is 8.50. The molecule has 12 heteroatoms. The van der Waals surface area contributed by atoms with Crippen LogP contribution in [0.5, 0.6) is 0 Å². The summed E-state index contributed by atoms with van der Waals surface area (Å²) in [5, 5.41) is 5.06. The molecule has 0 atom stereocenters. The number of aryl methyl sites for hydroxylation is 1. The van der Waals surface area contributed by atoms with Crippen LogP contribution in [-0.2, 0) is 9.47 Å². The Morgan fingerprint density at radius 1 is 1.21 bits per heavy atom. The van der Waals surface area contributed by atoms with Gasteiger partial charge in [0, 0.05) is 23.6 Å². The van der Waals surface area contributed by atoms with E-state index in [4.69, 9.17) is 45.3 Å². The number of nitrogens with two attached hydrogens (primary N) is 1. The van der Waals surface area contributed by atoms with Crippen molar-refractivity contribution >= 4 is 76.5 Å². The predicted octanol–water partition coefficient (Wildman–Crippen LogP) is 5.53. The number of carbonyl (C=O) groups excluding carboxylic acids is 2. The number of pyridine rings is 1. The van der Waals surface area contributed by atoms with E-state index < -0.39 is 22.6 Å². The Balaban J connectivity index is 2.32. The van der Waals surface area contributed by atoms with E-state index in [9.17, 15) is 9.59 Å². The minimum absolute atomic E-state index is 0.279. The maximum atomic E-state index is 12.0. The number of methoxy groups -OCH3 is 1. The van der Waals surface area contributed by atoms with Crippen LogP contribution in [0.3, 0.4) is 0 Å². The van der Waals surface area contributed by atoms with Crippen LogP contribution < -0.4 is 16.4 Å². The van der Waals surface area contributed by atoms with Crippen LogP contribution in [0.1, 0.15) is 16.7 Å². The van der Waals surface area contributed by atoms with Crippen LogP contribution in [-0.4, -0.2) is 41.4 Å². The van der Waals surface area contributed by atoms with Crippen molar-refractivity contribution in [3.63, 3.8) is 0 Å². The van der Waals surface area contributed by atoms with E-state index in [0.29, 0.717) is 28.1 Å². The number of alkyl halides is 3. The molecule has 0 unspecified atom stereocenters. The lowest BCUT2D eigenvalue weighted by Crippen LogP contribution is -2.21. The van der Waals surface area contributed by atoms with E-state index in [0.717, 1.165) is 5.56 Å². The van der Waals surface area contributed by atoms with Crippen molar-refractivity contribution in [3.05, 3.63) is 65.5 Å². The number of anilines is 2. The third-order valence-corrected chi connectivity index (χ3v) is 4.61. The monoisotopic (exact) mass is 525 g/mol. The van der Waals surface area contributed by atoms with Crippen molar-refractivity contribution in [2.45, 2.75) is 10.7 Å². The molecule has 34 heavy (non-hydrogen) atoms. The number of halogens is 3. The first-order valence-corrected chi connectivity index (χ1v) is 10.7.